The van der Waals surface area contributed by atoms with E-state index in [-0.39, 0.29) is 11.5 Å². The maximum Gasteiger partial charge on any atom is 0.340 e. The highest BCUT2D eigenvalue weighted by Gasteiger charge is 2.37. The second-order valence-electron chi connectivity index (χ2n) is 14.6. The van der Waals surface area contributed by atoms with Crippen LogP contribution in [0.15, 0.2) is 42.7 Å². The highest BCUT2D eigenvalue weighted by atomic mass is 16.6. The van der Waals surface area contributed by atoms with Gasteiger partial charge in [-0.05, 0) is 96.6 Å². The molecule has 1 fully saturated rings. The Kier molecular flexibility index (Phi) is 11.4. The molecule has 0 radical (unpaired) electrons. The number of piperidine rings is 1. The van der Waals surface area contributed by atoms with E-state index in [1.807, 2.05) is 92.2 Å². The molecule has 1 aromatic carbocycles. The van der Waals surface area contributed by atoms with Gasteiger partial charge in [-0.1, -0.05) is 19.9 Å². The van der Waals surface area contributed by atoms with Crippen LogP contribution in [0.5, 0.6) is 11.5 Å². The van der Waals surface area contributed by atoms with Gasteiger partial charge in [0.05, 0.1) is 31.0 Å². The molecule has 1 atom stereocenters. The number of aryl methyl sites for hydroxylation is 2. The summed E-state index contributed by atoms with van der Waals surface area (Å²) in [7, 11) is 3.65. The van der Waals surface area contributed by atoms with Crippen LogP contribution in [-0.4, -0.2) is 68.0 Å². The van der Waals surface area contributed by atoms with E-state index in [1.165, 1.54) is 0 Å². The Morgan fingerprint density at radius 3 is 2.32 bits per heavy atom. The van der Waals surface area contributed by atoms with E-state index in [4.69, 9.17) is 28.9 Å². The fourth-order valence-electron chi connectivity index (χ4n) is 5.75. The zero-order valence-corrected chi connectivity index (χ0v) is 30.3. The molecule has 47 heavy (non-hydrogen) atoms. The van der Waals surface area contributed by atoms with Gasteiger partial charge in [-0.15, -0.1) is 0 Å². The number of benzene rings is 1. The lowest BCUT2D eigenvalue weighted by molar-refractivity contribution is -0.171. The summed E-state index contributed by atoms with van der Waals surface area (Å²) in [6.45, 7) is 21.0. The summed E-state index contributed by atoms with van der Waals surface area (Å²) in [5.41, 5.74) is 5.08. The Morgan fingerprint density at radius 1 is 1.02 bits per heavy atom. The number of likely N-dealkylation sites (N-methyl/N-ethyl adjacent to an activating group) is 1. The highest BCUT2D eigenvalue weighted by molar-refractivity contribution is 5.87. The fourth-order valence-corrected chi connectivity index (χ4v) is 5.75. The summed E-state index contributed by atoms with van der Waals surface area (Å²) in [6, 6.07) is 10.00. The van der Waals surface area contributed by atoms with Crippen LogP contribution >= 0.6 is 0 Å². The van der Waals surface area contributed by atoms with Crippen LogP contribution in [0.25, 0.3) is 11.1 Å². The number of methoxy groups -OCH3 is 1. The van der Waals surface area contributed by atoms with Crippen LogP contribution in [0.2, 0.25) is 0 Å². The van der Waals surface area contributed by atoms with E-state index < -0.39 is 17.7 Å². The molecule has 3 aromatic rings. The summed E-state index contributed by atoms with van der Waals surface area (Å²) >= 11 is 0. The molecule has 9 nitrogen and oxygen atoms in total. The van der Waals surface area contributed by atoms with Crippen molar-refractivity contribution < 1.29 is 23.7 Å². The summed E-state index contributed by atoms with van der Waals surface area (Å²) in [4.78, 5) is 27.8. The second kappa shape index (κ2) is 14.9. The molecule has 0 unspecified atom stereocenters. The number of carbonyl (C=O) groups is 1. The van der Waals surface area contributed by atoms with Gasteiger partial charge in [-0.2, -0.15) is 0 Å². The van der Waals surface area contributed by atoms with Crippen LogP contribution in [0.4, 0.5) is 11.5 Å². The van der Waals surface area contributed by atoms with E-state index >= 15 is 0 Å². The number of pyridine rings is 2. The Morgan fingerprint density at radius 2 is 1.72 bits per heavy atom. The van der Waals surface area contributed by atoms with Crippen molar-refractivity contribution in [3.05, 3.63) is 59.5 Å². The van der Waals surface area contributed by atoms with Gasteiger partial charge >= 0.3 is 5.97 Å². The van der Waals surface area contributed by atoms with Gasteiger partial charge in [0.1, 0.15) is 12.4 Å². The van der Waals surface area contributed by atoms with Crippen molar-refractivity contribution in [2.45, 2.75) is 93.0 Å². The van der Waals surface area contributed by atoms with E-state index in [9.17, 15) is 4.79 Å². The molecule has 1 aliphatic rings. The first-order valence-electron chi connectivity index (χ1n) is 16.7. The van der Waals surface area contributed by atoms with Gasteiger partial charge in [0.25, 0.3) is 0 Å². The first-order valence-corrected chi connectivity index (χ1v) is 16.7. The van der Waals surface area contributed by atoms with Gasteiger partial charge < -0.3 is 28.7 Å². The summed E-state index contributed by atoms with van der Waals surface area (Å²) < 4.78 is 23.8. The molecular weight excluding hydrogens is 592 g/mol. The quantitative estimate of drug-likeness (QED) is 0.184. The molecule has 256 valence electrons. The molecule has 4 rings (SSSR count). The average Bonchev–Trinajstić information content (AvgIpc) is 3.00. The molecule has 0 spiro atoms. The van der Waals surface area contributed by atoms with E-state index in [0.29, 0.717) is 13.2 Å². The summed E-state index contributed by atoms with van der Waals surface area (Å²) in [5.74, 6) is 1.86. The van der Waals surface area contributed by atoms with Crippen molar-refractivity contribution >= 4 is 17.5 Å². The fraction of sp³-hybridized carbons (Fsp3) is 0.553. The smallest absolute Gasteiger partial charge is 0.340 e. The lowest BCUT2D eigenvalue weighted by atomic mass is 9.82. The zero-order chi connectivity index (χ0) is 34.5. The Balaban J connectivity index is 1.67. The minimum atomic E-state index is -0.930. The lowest BCUT2D eigenvalue weighted by Crippen LogP contribution is -2.39. The molecule has 1 aliphatic heterocycles. The summed E-state index contributed by atoms with van der Waals surface area (Å²) in [5, 5.41) is 0. The number of esters is 1. The van der Waals surface area contributed by atoms with Gasteiger partial charge in [0.15, 0.2) is 17.6 Å². The van der Waals surface area contributed by atoms with E-state index in [0.717, 1.165) is 76.9 Å². The standard InChI is InChI=1S/C38H54N4O5/c1-25(2)46-36(43)35(47-37(5,6)7)33-27(4)39-24-29(34(33)42-18-16-38(8,9)17-19-42)28-13-15-32(40-23-28)41(10)20-21-45-30-14-12-26(3)22-31(30)44-11/h12-15,22-25,35H,16-21H2,1-11H3/t35-/m0/s1. The number of anilines is 2. The lowest BCUT2D eigenvalue weighted by Gasteiger charge is -2.41. The van der Waals surface area contributed by atoms with Gasteiger partial charge in [0, 0.05) is 54.9 Å². The Hall–Kier alpha value is -3.85. The SMILES string of the molecule is COc1cc(C)ccc1OCCN(C)c1ccc(-c2cnc(C)c([C@H](OC(C)(C)C)C(=O)OC(C)C)c2N2CCC(C)(C)CC2)cn1. The number of rotatable bonds is 12. The van der Waals surface area contributed by atoms with Crippen LogP contribution in [0.1, 0.15) is 84.2 Å². The molecule has 0 amide bonds. The minimum Gasteiger partial charge on any atom is -0.493 e. The third kappa shape index (κ3) is 9.37. The van der Waals surface area contributed by atoms with Crippen LogP contribution in [-0.2, 0) is 14.3 Å². The molecule has 0 saturated carbocycles. The Labute approximate surface area is 281 Å². The monoisotopic (exact) mass is 646 g/mol. The molecule has 3 heterocycles. The van der Waals surface area contributed by atoms with Gasteiger partial charge in [0.2, 0.25) is 0 Å². The largest absolute Gasteiger partial charge is 0.493 e. The summed E-state index contributed by atoms with van der Waals surface area (Å²) in [6.07, 6.45) is 4.65. The topological polar surface area (TPSA) is 86.2 Å². The number of hydrogen-bond donors (Lipinski definition) is 0. The number of ether oxygens (including phenoxy) is 4. The second-order valence-corrected chi connectivity index (χ2v) is 14.6. The zero-order valence-electron chi connectivity index (χ0n) is 30.3. The minimum absolute atomic E-state index is 0.249. The molecular formula is C38H54N4O5. The van der Waals surface area contributed by atoms with Crippen molar-refractivity contribution in [3.63, 3.8) is 0 Å². The van der Waals surface area contributed by atoms with Crippen molar-refractivity contribution in [2.24, 2.45) is 5.41 Å². The first-order chi connectivity index (χ1) is 22.1. The van der Waals surface area contributed by atoms with Gasteiger partial charge in [-0.3, -0.25) is 4.98 Å². The molecule has 2 aromatic heterocycles. The number of carbonyl (C=O) groups excluding carboxylic acids is 1. The Bertz CT molecular complexity index is 1500. The number of hydrogen-bond acceptors (Lipinski definition) is 9. The molecule has 1 saturated heterocycles. The third-order valence-electron chi connectivity index (χ3n) is 8.47. The number of nitrogens with zero attached hydrogens (tertiary/aromatic N) is 4. The highest BCUT2D eigenvalue weighted by Crippen LogP contribution is 2.44. The maximum atomic E-state index is 13.7. The van der Waals surface area contributed by atoms with Crippen LogP contribution in [0.3, 0.4) is 0 Å². The third-order valence-corrected chi connectivity index (χ3v) is 8.47. The van der Waals surface area contributed by atoms with Crippen molar-refractivity contribution in [3.8, 4) is 22.6 Å². The molecule has 9 heteroatoms. The van der Waals surface area contributed by atoms with E-state index in [1.54, 1.807) is 7.11 Å². The van der Waals surface area contributed by atoms with Crippen LogP contribution < -0.4 is 19.3 Å². The van der Waals surface area contributed by atoms with Gasteiger partial charge in [-0.25, -0.2) is 9.78 Å². The van der Waals surface area contributed by atoms with Crippen molar-refractivity contribution in [1.29, 1.82) is 0 Å². The van der Waals surface area contributed by atoms with E-state index in [2.05, 4.69) is 29.7 Å². The average molecular weight is 647 g/mol. The molecule has 0 aliphatic carbocycles. The number of aromatic nitrogens is 2. The van der Waals surface area contributed by atoms with Crippen LogP contribution in [0, 0.1) is 19.3 Å². The van der Waals surface area contributed by atoms with Crippen molar-refractivity contribution in [1.82, 2.24) is 9.97 Å². The first kappa shape index (κ1) is 36.0. The van der Waals surface area contributed by atoms with Crippen molar-refractivity contribution in [2.75, 3.05) is 50.2 Å². The maximum absolute atomic E-state index is 13.7. The molecule has 0 bridgehead atoms. The normalized spacial score (nSPS) is 15.4. The predicted octanol–water partition coefficient (Wildman–Crippen LogP) is 7.72. The molecule has 0 N–H and O–H groups in total. The predicted molar refractivity (Wildman–Crippen MR) is 189 cm³/mol.